The Morgan fingerprint density at radius 3 is 2.48 bits per heavy atom. The van der Waals surface area contributed by atoms with E-state index in [1.54, 1.807) is 36.0 Å². The van der Waals surface area contributed by atoms with E-state index >= 15 is 0 Å². The van der Waals surface area contributed by atoms with E-state index in [1.165, 1.54) is 0 Å². The van der Waals surface area contributed by atoms with E-state index in [2.05, 4.69) is 10.6 Å². The van der Waals surface area contributed by atoms with Crippen molar-refractivity contribution in [3.05, 3.63) is 35.9 Å². The third-order valence-corrected chi connectivity index (χ3v) is 5.23. The van der Waals surface area contributed by atoms with E-state index in [4.69, 9.17) is 5.73 Å². The Kier molecular flexibility index (Phi) is 8.60. The van der Waals surface area contributed by atoms with Crippen molar-refractivity contribution < 1.29 is 14.4 Å². The number of likely N-dealkylation sites (tertiary alicyclic amines) is 1. The summed E-state index contributed by atoms with van der Waals surface area (Å²) >= 11 is 1.64. The lowest BCUT2D eigenvalue weighted by Crippen LogP contribution is -2.52. The van der Waals surface area contributed by atoms with Crippen LogP contribution in [0.25, 0.3) is 0 Å². The smallest absolute Gasteiger partial charge is 0.251 e. The number of nitrogens with one attached hydrogen (secondary N) is 2. The van der Waals surface area contributed by atoms with Crippen molar-refractivity contribution in [2.75, 3.05) is 31.6 Å². The molecule has 0 aromatic heterocycles. The first-order valence-corrected chi connectivity index (χ1v) is 10.5. The van der Waals surface area contributed by atoms with Gasteiger partial charge in [0.05, 0.1) is 6.54 Å². The number of primary amides is 1. The molecule has 1 atom stereocenters. The lowest BCUT2D eigenvalue weighted by molar-refractivity contribution is -0.124. The van der Waals surface area contributed by atoms with Crippen LogP contribution in [0.1, 0.15) is 29.6 Å². The number of thioether (sulfide) groups is 1. The Hall–Kier alpha value is -2.06. The number of carbonyl (C=O) groups excluding carboxylic acids is 3. The van der Waals surface area contributed by atoms with Gasteiger partial charge in [-0.05, 0) is 43.4 Å². The first kappa shape index (κ1) is 21.2. The van der Waals surface area contributed by atoms with Crippen LogP contribution in [-0.2, 0) is 9.59 Å². The van der Waals surface area contributed by atoms with Gasteiger partial charge in [0.1, 0.15) is 6.04 Å². The van der Waals surface area contributed by atoms with Gasteiger partial charge >= 0.3 is 0 Å². The van der Waals surface area contributed by atoms with E-state index in [-0.39, 0.29) is 30.3 Å². The van der Waals surface area contributed by atoms with Crippen LogP contribution >= 0.6 is 11.8 Å². The summed E-state index contributed by atoms with van der Waals surface area (Å²) in [7, 11) is 0. The number of nitrogens with zero attached hydrogens (tertiary/aromatic N) is 1. The Morgan fingerprint density at radius 1 is 1.22 bits per heavy atom. The number of hydrogen-bond donors (Lipinski definition) is 3. The van der Waals surface area contributed by atoms with Crippen LogP contribution in [0.5, 0.6) is 0 Å². The van der Waals surface area contributed by atoms with Gasteiger partial charge in [0.2, 0.25) is 11.8 Å². The fourth-order valence-electron chi connectivity index (χ4n) is 3.09. The minimum atomic E-state index is -0.561. The molecule has 1 aliphatic heterocycles. The zero-order valence-corrected chi connectivity index (χ0v) is 16.5. The molecule has 27 heavy (non-hydrogen) atoms. The average Bonchev–Trinajstić information content (AvgIpc) is 2.66. The van der Waals surface area contributed by atoms with Gasteiger partial charge in [-0.15, -0.1) is 0 Å². The second-order valence-corrected chi connectivity index (χ2v) is 7.68. The summed E-state index contributed by atoms with van der Waals surface area (Å²) in [5.41, 5.74) is 5.77. The maximum absolute atomic E-state index is 12.7. The summed E-state index contributed by atoms with van der Waals surface area (Å²) in [5, 5.41) is 5.91. The Balaban J connectivity index is 1.89. The van der Waals surface area contributed by atoms with Gasteiger partial charge in [0.25, 0.3) is 5.91 Å². The van der Waals surface area contributed by atoms with Gasteiger partial charge in [-0.1, -0.05) is 18.2 Å². The van der Waals surface area contributed by atoms with Gasteiger partial charge in [0.15, 0.2) is 0 Å². The van der Waals surface area contributed by atoms with Crippen LogP contribution < -0.4 is 16.4 Å². The largest absolute Gasteiger partial charge is 0.369 e. The van der Waals surface area contributed by atoms with Crippen molar-refractivity contribution in [1.29, 1.82) is 0 Å². The quantitative estimate of drug-likeness (QED) is 0.571. The van der Waals surface area contributed by atoms with Gasteiger partial charge in [-0.3, -0.25) is 19.3 Å². The van der Waals surface area contributed by atoms with Crippen LogP contribution in [0.2, 0.25) is 0 Å². The monoisotopic (exact) mass is 392 g/mol. The molecular formula is C19H28N4O3S. The summed E-state index contributed by atoms with van der Waals surface area (Å²) in [6.07, 6.45) is 4.08. The third-order valence-electron chi connectivity index (χ3n) is 4.58. The van der Waals surface area contributed by atoms with Crippen LogP contribution in [0.15, 0.2) is 30.3 Å². The summed E-state index contributed by atoms with van der Waals surface area (Å²) in [6.45, 7) is 1.70. The van der Waals surface area contributed by atoms with E-state index in [0.717, 1.165) is 31.7 Å². The molecular weight excluding hydrogens is 364 g/mol. The molecule has 8 heteroatoms. The number of amides is 3. The molecule has 0 bridgehead atoms. The predicted molar refractivity (Wildman–Crippen MR) is 107 cm³/mol. The zero-order valence-electron chi connectivity index (χ0n) is 15.6. The van der Waals surface area contributed by atoms with Gasteiger partial charge in [-0.2, -0.15) is 11.8 Å². The SMILES string of the molecule is CSCCC(NC(=O)c1ccccc1)C(=O)NC1CCN(CC(N)=O)CC1. The first-order valence-electron chi connectivity index (χ1n) is 9.15. The molecule has 148 valence electrons. The highest BCUT2D eigenvalue weighted by atomic mass is 32.2. The summed E-state index contributed by atoms with van der Waals surface area (Å²) in [5.74, 6) is 0.0533. The Morgan fingerprint density at radius 2 is 1.89 bits per heavy atom. The van der Waals surface area contributed by atoms with Crippen molar-refractivity contribution in [3.8, 4) is 0 Å². The van der Waals surface area contributed by atoms with Crippen LogP contribution in [-0.4, -0.2) is 66.3 Å². The molecule has 0 spiro atoms. The molecule has 7 nitrogen and oxygen atoms in total. The second kappa shape index (κ2) is 10.9. The second-order valence-electron chi connectivity index (χ2n) is 6.70. The van der Waals surface area contributed by atoms with Crippen molar-refractivity contribution in [3.63, 3.8) is 0 Å². The summed E-state index contributed by atoms with van der Waals surface area (Å²) < 4.78 is 0. The molecule has 3 amide bonds. The van der Waals surface area contributed by atoms with Gasteiger partial charge in [0, 0.05) is 24.7 Å². The minimum absolute atomic E-state index is 0.0482. The van der Waals surface area contributed by atoms with E-state index in [0.29, 0.717) is 12.0 Å². The molecule has 1 heterocycles. The molecule has 1 unspecified atom stereocenters. The molecule has 2 rings (SSSR count). The van der Waals surface area contributed by atoms with Crippen molar-refractivity contribution in [2.24, 2.45) is 5.73 Å². The van der Waals surface area contributed by atoms with E-state index in [1.807, 2.05) is 17.2 Å². The molecule has 1 aromatic carbocycles. The van der Waals surface area contributed by atoms with Crippen LogP contribution in [0.3, 0.4) is 0 Å². The molecule has 0 radical (unpaired) electrons. The van der Waals surface area contributed by atoms with Gasteiger partial charge < -0.3 is 16.4 Å². The molecule has 0 saturated carbocycles. The first-order chi connectivity index (χ1) is 13.0. The van der Waals surface area contributed by atoms with E-state index < -0.39 is 6.04 Å². The van der Waals surface area contributed by atoms with Crippen molar-refractivity contribution in [2.45, 2.75) is 31.3 Å². The zero-order chi connectivity index (χ0) is 19.6. The van der Waals surface area contributed by atoms with Crippen LogP contribution in [0.4, 0.5) is 0 Å². The molecule has 0 aliphatic carbocycles. The summed E-state index contributed by atoms with van der Waals surface area (Å²) in [4.78, 5) is 38.1. The highest BCUT2D eigenvalue weighted by Gasteiger charge is 2.26. The molecule has 1 aliphatic rings. The predicted octanol–water partition coefficient (Wildman–Crippen LogP) is 0.604. The average molecular weight is 393 g/mol. The maximum Gasteiger partial charge on any atom is 0.251 e. The number of rotatable bonds is 9. The lowest BCUT2D eigenvalue weighted by atomic mass is 10.0. The fourth-order valence-corrected chi connectivity index (χ4v) is 3.56. The van der Waals surface area contributed by atoms with Gasteiger partial charge in [-0.25, -0.2) is 0 Å². The normalized spacial score (nSPS) is 16.5. The van der Waals surface area contributed by atoms with Crippen LogP contribution in [0, 0.1) is 0 Å². The summed E-state index contributed by atoms with van der Waals surface area (Å²) in [6, 6.07) is 8.39. The van der Waals surface area contributed by atoms with Crippen molar-refractivity contribution in [1.82, 2.24) is 15.5 Å². The topological polar surface area (TPSA) is 105 Å². The molecule has 1 aromatic rings. The fraction of sp³-hybridized carbons (Fsp3) is 0.526. The standard InChI is InChI=1S/C19H28N4O3S/c1-27-12-9-16(22-18(25)14-5-3-2-4-6-14)19(26)21-15-7-10-23(11-8-15)13-17(20)24/h2-6,15-16H,7-13H2,1H3,(H2,20,24)(H,21,26)(H,22,25). The maximum atomic E-state index is 12.7. The molecule has 1 saturated heterocycles. The highest BCUT2D eigenvalue weighted by Crippen LogP contribution is 2.11. The van der Waals surface area contributed by atoms with E-state index in [9.17, 15) is 14.4 Å². The highest BCUT2D eigenvalue weighted by molar-refractivity contribution is 7.98. The van der Waals surface area contributed by atoms with Crippen molar-refractivity contribution >= 4 is 29.5 Å². The lowest BCUT2D eigenvalue weighted by Gasteiger charge is -2.32. The number of carbonyl (C=O) groups is 3. The number of nitrogens with two attached hydrogens (primary N) is 1. The molecule has 4 N–H and O–H groups in total. The Bertz CT molecular complexity index is 633. The molecule has 1 fully saturated rings. The third kappa shape index (κ3) is 7.22. The number of hydrogen-bond acceptors (Lipinski definition) is 5. The number of piperidine rings is 1. The number of benzene rings is 1. The Labute approximate surface area is 164 Å². The minimum Gasteiger partial charge on any atom is -0.369 e.